The molecule has 1 aliphatic rings. The van der Waals surface area contributed by atoms with Gasteiger partial charge in [0.1, 0.15) is 19.8 Å². The van der Waals surface area contributed by atoms with Crippen LogP contribution < -0.4 is 26.1 Å². The average molecular weight is 365 g/mol. The molecule has 3 N–H and O–H groups in total. The van der Waals surface area contributed by atoms with Gasteiger partial charge in [-0.05, 0) is 24.3 Å². The first kappa shape index (κ1) is 17.0. The van der Waals surface area contributed by atoms with Gasteiger partial charge in [-0.2, -0.15) is 0 Å². The molecule has 0 saturated carbocycles. The fourth-order valence-electron chi connectivity index (χ4n) is 3.17. The number of pyridine rings is 1. The van der Waals surface area contributed by atoms with Crippen molar-refractivity contribution in [2.24, 2.45) is 5.73 Å². The second-order valence-electron chi connectivity index (χ2n) is 6.30. The van der Waals surface area contributed by atoms with Crippen LogP contribution in [0, 0.1) is 0 Å². The van der Waals surface area contributed by atoms with E-state index in [-0.39, 0.29) is 12.1 Å². The standard InChI is InChI=1S/C20H19N3O4/c21-19(24)12-23-16-10-18-17(26-6-7-27-18)9-13(16)8-14(20(23)25)11-22-15-4-2-1-3-5-15/h1-5,8-10,22H,6-7,11-12H2,(H2,21,24). The van der Waals surface area contributed by atoms with E-state index in [9.17, 15) is 9.59 Å². The normalized spacial score (nSPS) is 12.7. The maximum Gasteiger partial charge on any atom is 0.256 e. The molecule has 138 valence electrons. The average Bonchev–Trinajstić information content (AvgIpc) is 2.68. The molecule has 0 radical (unpaired) electrons. The van der Waals surface area contributed by atoms with Crippen molar-refractivity contribution < 1.29 is 14.3 Å². The zero-order valence-corrected chi connectivity index (χ0v) is 14.6. The van der Waals surface area contributed by atoms with E-state index >= 15 is 0 Å². The lowest BCUT2D eigenvalue weighted by atomic mass is 10.1. The molecule has 3 aromatic rings. The predicted molar refractivity (Wildman–Crippen MR) is 102 cm³/mol. The lowest BCUT2D eigenvalue weighted by Crippen LogP contribution is -2.31. The van der Waals surface area contributed by atoms with E-state index < -0.39 is 5.91 Å². The largest absolute Gasteiger partial charge is 0.486 e. The molecule has 0 fully saturated rings. The van der Waals surface area contributed by atoms with Crippen molar-refractivity contribution in [1.29, 1.82) is 0 Å². The number of fused-ring (bicyclic) bond motifs is 2. The van der Waals surface area contributed by atoms with E-state index in [1.54, 1.807) is 6.07 Å². The minimum Gasteiger partial charge on any atom is -0.486 e. The number of anilines is 1. The Bertz CT molecular complexity index is 1060. The third-order valence-corrected chi connectivity index (χ3v) is 4.40. The Labute approximate surface area is 155 Å². The maximum atomic E-state index is 13.0. The zero-order chi connectivity index (χ0) is 18.8. The first-order valence-corrected chi connectivity index (χ1v) is 8.65. The number of nitrogens with zero attached hydrogens (tertiary/aromatic N) is 1. The van der Waals surface area contributed by atoms with Crippen LogP contribution in [0.5, 0.6) is 11.5 Å². The number of aromatic nitrogens is 1. The van der Waals surface area contributed by atoms with Crippen LogP contribution in [0.4, 0.5) is 5.69 Å². The molecule has 0 aliphatic carbocycles. The van der Waals surface area contributed by atoms with E-state index in [0.29, 0.717) is 42.3 Å². The Kier molecular flexibility index (Phi) is 4.42. The molecule has 0 atom stereocenters. The molecule has 2 aromatic carbocycles. The van der Waals surface area contributed by atoms with Crippen LogP contribution in [0.3, 0.4) is 0 Å². The lowest BCUT2D eigenvalue weighted by Gasteiger charge is -2.20. The molecule has 7 nitrogen and oxygen atoms in total. The van der Waals surface area contributed by atoms with Crippen molar-refractivity contribution in [3.63, 3.8) is 0 Å². The number of hydrogen-bond donors (Lipinski definition) is 2. The summed E-state index contributed by atoms with van der Waals surface area (Å²) < 4.78 is 12.6. The summed E-state index contributed by atoms with van der Waals surface area (Å²) in [5, 5.41) is 4.01. The molecule has 0 unspecified atom stereocenters. The number of para-hydroxylation sites is 1. The third-order valence-electron chi connectivity index (χ3n) is 4.40. The zero-order valence-electron chi connectivity index (χ0n) is 14.6. The molecule has 4 rings (SSSR count). The van der Waals surface area contributed by atoms with Crippen LogP contribution in [-0.2, 0) is 17.9 Å². The highest BCUT2D eigenvalue weighted by molar-refractivity contribution is 5.85. The number of carbonyl (C=O) groups is 1. The highest BCUT2D eigenvalue weighted by Gasteiger charge is 2.17. The Morgan fingerprint density at radius 3 is 2.48 bits per heavy atom. The van der Waals surface area contributed by atoms with Gasteiger partial charge in [-0.15, -0.1) is 0 Å². The molecule has 0 spiro atoms. The Morgan fingerprint density at radius 1 is 1.07 bits per heavy atom. The van der Waals surface area contributed by atoms with Crippen LogP contribution in [0.15, 0.2) is 53.3 Å². The Balaban J connectivity index is 1.80. The summed E-state index contributed by atoms with van der Waals surface area (Å²) in [7, 11) is 0. The monoisotopic (exact) mass is 365 g/mol. The number of hydrogen-bond acceptors (Lipinski definition) is 5. The highest BCUT2D eigenvalue weighted by atomic mass is 16.6. The van der Waals surface area contributed by atoms with Gasteiger partial charge in [0.05, 0.1) is 5.52 Å². The van der Waals surface area contributed by atoms with Crippen molar-refractivity contribution >= 4 is 22.5 Å². The Hall–Kier alpha value is -3.48. The van der Waals surface area contributed by atoms with Gasteiger partial charge in [0.25, 0.3) is 5.56 Å². The van der Waals surface area contributed by atoms with Gasteiger partial charge >= 0.3 is 0 Å². The first-order valence-electron chi connectivity index (χ1n) is 8.65. The topological polar surface area (TPSA) is 95.6 Å². The van der Waals surface area contributed by atoms with Crippen molar-refractivity contribution in [2.75, 3.05) is 18.5 Å². The smallest absolute Gasteiger partial charge is 0.256 e. The minimum absolute atomic E-state index is 0.200. The summed E-state index contributed by atoms with van der Waals surface area (Å²) in [6, 6.07) is 15.0. The number of carbonyl (C=O) groups excluding carboxylic acids is 1. The fraction of sp³-hybridized carbons (Fsp3) is 0.200. The summed E-state index contributed by atoms with van der Waals surface area (Å²) in [5.41, 5.74) is 7.13. The number of amides is 1. The third kappa shape index (κ3) is 3.44. The van der Waals surface area contributed by atoms with E-state index in [4.69, 9.17) is 15.2 Å². The quantitative estimate of drug-likeness (QED) is 0.720. The fourth-order valence-corrected chi connectivity index (χ4v) is 3.17. The molecule has 7 heteroatoms. The number of nitrogens with two attached hydrogens (primary N) is 1. The van der Waals surface area contributed by atoms with Gasteiger partial charge in [0, 0.05) is 29.2 Å². The number of nitrogens with one attached hydrogen (secondary N) is 1. The Morgan fingerprint density at radius 2 is 1.78 bits per heavy atom. The predicted octanol–water partition coefficient (Wildman–Crippen LogP) is 1.87. The van der Waals surface area contributed by atoms with Gasteiger partial charge in [0.2, 0.25) is 5.91 Å². The first-order chi connectivity index (χ1) is 13.1. The van der Waals surface area contributed by atoms with Gasteiger partial charge in [-0.1, -0.05) is 18.2 Å². The summed E-state index contributed by atoms with van der Waals surface area (Å²) in [6.07, 6.45) is 0. The minimum atomic E-state index is -0.582. The summed E-state index contributed by atoms with van der Waals surface area (Å²) in [5.74, 6) is 0.600. The van der Waals surface area contributed by atoms with Gasteiger partial charge < -0.3 is 20.5 Å². The summed E-state index contributed by atoms with van der Waals surface area (Å²) >= 11 is 0. The number of rotatable bonds is 5. The van der Waals surface area contributed by atoms with Crippen molar-refractivity contribution in [3.8, 4) is 11.5 Å². The van der Waals surface area contributed by atoms with E-state index in [2.05, 4.69) is 5.32 Å². The molecule has 27 heavy (non-hydrogen) atoms. The molecular formula is C20H19N3O4. The van der Waals surface area contributed by atoms with E-state index in [0.717, 1.165) is 11.1 Å². The number of primary amides is 1. The molecule has 1 aliphatic heterocycles. The van der Waals surface area contributed by atoms with Crippen LogP contribution >= 0.6 is 0 Å². The molecule has 2 heterocycles. The van der Waals surface area contributed by atoms with Gasteiger partial charge in [-0.25, -0.2) is 0 Å². The second-order valence-corrected chi connectivity index (χ2v) is 6.30. The number of ether oxygens (including phenoxy) is 2. The molecule has 0 saturated heterocycles. The molecule has 1 aromatic heterocycles. The van der Waals surface area contributed by atoms with Crippen LogP contribution in [0.1, 0.15) is 5.56 Å². The van der Waals surface area contributed by atoms with Crippen molar-refractivity contribution in [2.45, 2.75) is 13.1 Å². The van der Waals surface area contributed by atoms with E-state index in [1.165, 1.54) is 4.57 Å². The van der Waals surface area contributed by atoms with Gasteiger partial charge in [0.15, 0.2) is 11.5 Å². The summed E-state index contributed by atoms with van der Waals surface area (Å²) in [6.45, 7) is 1.04. The van der Waals surface area contributed by atoms with Crippen molar-refractivity contribution in [1.82, 2.24) is 4.57 Å². The highest BCUT2D eigenvalue weighted by Crippen LogP contribution is 2.34. The lowest BCUT2D eigenvalue weighted by molar-refractivity contribution is -0.118. The van der Waals surface area contributed by atoms with Crippen molar-refractivity contribution in [3.05, 3.63) is 64.4 Å². The molecule has 0 bridgehead atoms. The molecule has 1 amide bonds. The molecular weight excluding hydrogens is 346 g/mol. The number of benzene rings is 2. The van der Waals surface area contributed by atoms with Crippen LogP contribution in [-0.4, -0.2) is 23.7 Å². The van der Waals surface area contributed by atoms with Gasteiger partial charge in [-0.3, -0.25) is 14.2 Å². The maximum absolute atomic E-state index is 13.0. The SMILES string of the molecule is NC(=O)Cn1c(=O)c(CNc2ccccc2)cc2cc3c(cc21)OCCO3. The summed E-state index contributed by atoms with van der Waals surface area (Å²) in [4.78, 5) is 24.5. The van der Waals surface area contributed by atoms with E-state index in [1.807, 2.05) is 42.5 Å². The van der Waals surface area contributed by atoms with Crippen LogP contribution in [0.25, 0.3) is 10.9 Å². The second kappa shape index (κ2) is 7.03. The van der Waals surface area contributed by atoms with Crippen LogP contribution in [0.2, 0.25) is 0 Å².